The van der Waals surface area contributed by atoms with Crippen molar-refractivity contribution in [3.63, 3.8) is 0 Å². The molecule has 0 saturated carbocycles. The molecule has 2 saturated heterocycles. The molecule has 0 spiro atoms. The quantitative estimate of drug-likeness (QED) is 0.248. The molecule has 0 radical (unpaired) electrons. The van der Waals surface area contributed by atoms with E-state index in [2.05, 4.69) is 39.3 Å². The summed E-state index contributed by atoms with van der Waals surface area (Å²) >= 11 is 0. The van der Waals surface area contributed by atoms with Crippen LogP contribution in [-0.2, 0) is 27.2 Å². The Morgan fingerprint density at radius 3 is 1.40 bits per heavy atom. The van der Waals surface area contributed by atoms with E-state index in [9.17, 15) is 0 Å². The summed E-state index contributed by atoms with van der Waals surface area (Å²) in [5.41, 5.74) is 0. The van der Waals surface area contributed by atoms with Gasteiger partial charge in [-0.25, -0.2) is 0 Å². The van der Waals surface area contributed by atoms with E-state index in [1.165, 1.54) is 0 Å². The summed E-state index contributed by atoms with van der Waals surface area (Å²) in [5, 5.41) is 0. The molecular weight excluding hydrogens is 372 g/mol. The maximum atomic E-state index is 6.59. The lowest BCUT2D eigenvalue weighted by atomic mass is 10.5. The number of epoxide rings is 2. The van der Waals surface area contributed by atoms with Gasteiger partial charge in [0.15, 0.2) is 29.2 Å². The Morgan fingerprint density at radius 2 is 1.08 bits per heavy atom. The Hall–Kier alpha value is 0.411. The zero-order valence-corrected chi connectivity index (χ0v) is 19.8. The summed E-state index contributed by atoms with van der Waals surface area (Å²) in [6.45, 7) is 16.6. The van der Waals surface area contributed by atoms with Crippen LogP contribution >= 0.6 is 0 Å². The largest absolute Gasteiger partial charge is 0.437 e. The fraction of sp³-hybridized carbons (Fsp3) is 1.00. The van der Waals surface area contributed by atoms with E-state index in [4.69, 9.17) is 27.2 Å². The lowest BCUT2D eigenvalue weighted by Gasteiger charge is -2.38. The molecule has 2 atom stereocenters. The molecule has 0 aromatic carbocycles. The highest BCUT2D eigenvalue weighted by Gasteiger charge is 2.39. The second-order valence-electron chi connectivity index (χ2n) is 8.60. The average Bonchev–Trinajstić information content (AvgIpc) is 3.32. The number of ether oxygens (including phenoxy) is 4. The van der Waals surface area contributed by atoms with E-state index in [1.54, 1.807) is 0 Å². The molecule has 2 unspecified atom stereocenters. The van der Waals surface area contributed by atoms with Crippen LogP contribution in [0.1, 0.15) is 12.8 Å². The normalized spacial score (nSPS) is 23.8. The summed E-state index contributed by atoms with van der Waals surface area (Å²) in [7, 11) is -5.60. The standard InChI is InChI=1S/C16H36O6Si3/c1-23(2,11-7-9-17-15-13-19-15)21-25(5,6)22-24(3,4)12-8-10-18-16-14-20-16/h15-16H,7-14H2,1-6H3. The molecule has 2 rings (SSSR count). The molecule has 2 fully saturated rings. The summed E-state index contributed by atoms with van der Waals surface area (Å²) in [4.78, 5) is 0. The maximum Gasteiger partial charge on any atom is 0.311 e. The van der Waals surface area contributed by atoms with Crippen molar-refractivity contribution >= 4 is 25.2 Å². The van der Waals surface area contributed by atoms with Gasteiger partial charge in [0.2, 0.25) is 0 Å². The molecule has 0 aromatic rings. The van der Waals surface area contributed by atoms with Crippen molar-refractivity contribution in [3.8, 4) is 0 Å². The first kappa shape index (κ1) is 21.7. The fourth-order valence-electron chi connectivity index (χ4n) is 3.15. The van der Waals surface area contributed by atoms with Crippen molar-refractivity contribution in [3.05, 3.63) is 0 Å². The molecule has 148 valence electrons. The Balaban J connectivity index is 1.65. The van der Waals surface area contributed by atoms with Crippen LogP contribution in [0.25, 0.3) is 0 Å². The SMILES string of the molecule is C[Si](C)(CCCOC1CO1)O[Si](C)(C)O[Si](C)(C)CCCOC1CO1. The van der Waals surface area contributed by atoms with Gasteiger partial charge in [0.05, 0.1) is 0 Å². The molecular formula is C16H36O6Si3. The number of hydrogen-bond acceptors (Lipinski definition) is 6. The molecule has 0 N–H and O–H groups in total. The third-order valence-electron chi connectivity index (χ3n) is 4.10. The zero-order valence-electron chi connectivity index (χ0n) is 16.8. The van der Waals surface area contributed by atoms with Crippen molar-refractivity contribution in [2.45, 2.75) is 76.8 Å². The van der Waals surface area contributed by atoms with Gasteiger partial charge in [-0.2, -0.15) is 0 Å². The molecule has 0 amide bonds. The van der Waals surface area contributed by atoms with Gasteiger partial charge in [-0.15, -0.1) is 0 Å². The van der Waals surface area contributed by atoms with Gasteiger partial charge in [0, 0.05) is 13.2 Å². The van der Waals surface area contributed by atoms with Crippen LogP contribution < -0.4 is 0 Å². The highest BCUT2D eigenvalue weighted by atomic mass is 28.5. The molecule has 2 aliphatic rings. The second kappa shape index (κ2) is 9.07. The van der Waals surface area contributed by atoms with Crippen molar-refractivity contribution in [1.29, 1.82) is 0 Å². The Kier molecular flexibility index (Phi) is 7.87. The first-order chi connectivity index (χ1) is 11.6. The minimum absolute atomic E-state index is 0.0575. The molecule has 25 heavy (non-hydrogen) atoms. The summed E-state index contributed by atoms with van der Waals surface area (Å²) in [5.74, 6) is 0. The zero-order chi connectivity index (χ0) is 18.6. The smallest absolute Gasteiger partial charge is 0.311 e. The van der Waals surface area contributed by atoms with Crippen LogP contribution in [0.2, 0.25) is 51.4 Å². The lowest BCUT2D eigenvalue weighted by Crippen LogP contribution is -2.52. The van der Waals surface area contributed by atoms with Gasteiger partial charge in [0.1, 0.15) is 13.2 Å². The Bertz CT molecular complexity index is 375. The van der Waals surface area contributed by atoms with E-state index < -0.39 is 25.2 Å². The molecule has 2 heterocycles. The van der Waals surface area contributed by atoms with Crippen LogP contribution in [0.3, 0.4) is 0 Å². The van der Waals surface area contributed by atoms with Gasteiger partial charge in [0.25, 0.3) is 0 Å². The van der Waals surface area contributed by atoms with Crippen LogP contribution in [0.15, 0.2) is 0 Å². The highest BCUT2D eigenvalue weighted by molar-refractivity contribution is 6.87. The highest BCUT2D eigenvalue weighted by Crippen LogP contribution is 2.26. The lowest BCUT2D eigenvalue weighted by molar-refractivity contribution is 0.0503. The van der Waals surface area contributed by atoms with Gasteiger partial charge < -0.3 is 27.2 Å². The van der Waals surface area contributed by atoms with Gasteiger partial charge in [-0.05, 0) is 64.2 Å². The van der Waals surface area contributed by atoms with Crippen molar-refractivity contribution in [2.75, 3.05) is 26.4 Å². The first-order valence-corrected chi connectivity index (χ1v) is 18.5. The van der Waals surface area contributed by atoms with Gasteiger partial charge in [-0.3, -0.25) is 0 Å². The Morgan fingerprint density at radius 1 is 0.720 bits per heavy atom. The summed E-state index contributed by atoms with van der Waals surface area (Å²) in [6, 6.07) is 2.19. The van der Waals surface area contributed by atoms with Crippen molar-refractivity contribution in [1.82, 2.24) is 0 Å². The van der Waals surface area contributed by atoms with Crippen molar-refractivity contribution in [2.24, 2.45) is 0 Å². The van der Waals surface area contributed by atoms with E-state index in [0.29, 0.717) is 0 Å². The van der Waals surface area contributed by atoms with Gasteiger partial charge >= 0.3 is 8.56 Å². The molecule has 9 heteroatoms. The minimum atomic E-state index is -2.12. The predicted molar refractivity (Wildman–Crippen MR) is 105 cm³/mol. The molecule has 2 aliphatic heterocycles. The topological polar surface area (TPSA) is 62.0 Å². The molecule has 0 aliphatic carbocycles. The number of hydrogen-bond donors (Lipinski definition) is 0. The van der Waals surface area contributed by atoms with Crippen LogP contribution in [0.5, 0.6) is 0 Å². The molecule has 6 nitrogen and oxygen atoms in total. The van der Waals surface area contributed by atoms with Gasteiger partial charge in [-0.1, -0.05) is 0 Å². The van der Waals surface area contributed by atoms with Crippen LogP contribution in [0, 0.1) is 0 Å². The third-order valence-corrected chi connectivity index (χ3v) is 15.6. The minimum Gasteiger partial charge on any atom is -0.437 e. The van der Waals surface area contributed by atoms with E-state index in [-0.39, 0.29) is 12.6 Å². The average molecular weight is 409 g/mol. The summed E-state index contributed by atoms with van der Waals surface area (Å²) < 4.78 is 34.4. The van der Waals surface area contributed by atoms with Crippen LogP contribution in [0.4, 0.5) is 0 Å². The van der Waals surface area contributed by atoms with E-state index in [0.717, 1.165) is 51.4 Å². The maximum absolute atomic E-state index is 6.59. The Labute approximate surface area is 156 Å². The van der Waals surface area contributed by atoms with E-state index in [1.807, 2.05) is 0 Å². The second-order valence-corrected chi connectivity index (χ2v) is 21.1. The van der Waals surface area contributed by atoms with Crippen molar-refractivity contribution < 1.29 is 27.2 Å². The van der Waals surface area contributed by atoms with Crippen LogP contribution in [-0.4, -0.2) is 64.2 Å². The fourth-order valence-corrected chi connectivity index (χ4v) is 17.1. The predicted octanol–water partition coefficient (Wildman–Crippen LogP) is 3.66. The van der Waals surface area contributed by atoms with E-state index >= 15 is 0 Å². The summed E-state index contributed by atoms with van der Waals surface area (Å²) in [6.07, 6.45) is 2.18. The molecule has 0 bridgehead atoms. The monoisotopic (exact) mass is 408 g/mol. The third kappa shape index (κ3) is 10.4. The first-order valence-electron chi connectivity index (χ1n) is 9.44. The number of rotatable bonds is 14. The molecule has 0 aromatic heterocycles.